The van der Waals surface area contributed by atoms with E-state index in [1.807, 2.05) is 6.92 Å². The van der Waals surface area contributed by atoms with Crippen molar-refractivity contribution in [1.29, 1.82) is 0 Å². The number of hydrogen-bond acceptors (Lipinski definition) is 1. The molecule has 186 valence electrons. The second-order valence-corrected chi connectivity index (χ2v) is 10.4. The van der Waals surface area contributed by atoms with Crippen LogP contribution in [0.2, 0.25) is 0 Å². The summed E-state index contributed by atoms with van der Waals surface area (Å²) in [5, 5.41) is 9.82. The lowest BCUT2D eigenvalue weighted by molar-refractivity contribution is -0.139. The number of alkyl halides is 7. The number of halogens is 7. The Balaban J connectivity index is 2.09. The molecule has 0 saturated heterocycles. The first kappa shape index (κ1) is 27.0. The van der Waals surface area contributed by atoms with Crippen LogP contribution in [0.25, 0.3) is 11.1 Å². The van der Waals surface area contributed by atoms with E-state index in [4.69, 9.17) is 0 Å². The van der Waals surface area contributed by atoms with Gasteiger partial charge in [-0.25, -0.2) is 0 Å². The van der Waals surface area contributed by atoms with E-state index in [1.165, 1.54) is 18.2 Å². The highest BCUT2D eigenvalue weighted by atomic mass is 127. The van der Waals surface area contributed by atoms with Gasteiger partial charge in [0.15, 0.2) is 0 Å². The number of rotatable bonds is 7. The Bertz CT molecular complexity index is 1180. The molecule has 0 spiro atoms. The summed E-state index contributed by atoms with van der Waals surface area (Å²) in [6, 6.07) is 14.3. The number of carbonyl (C=O) groups is 1. The van der Waals surface area contributed by atoms with Crippen molar-refractivity contribution in [2.75, 3.05) is 0 Å². The minimum Gasteiger partial charge on any atom is -0.481 e. The molecule has 3 rings (SSSR count). The Morgan fingerprint density at radius 3 is 2.00 bits per heavy atom. The molecule has 35 heavy (non-hydrogen) atoms. The van der Waals surface area contributed by atoms with Gasteiger partial charge in [0.25, 0.3) is 0 Å². The van der Waals surface area contributed by atoms with Crippen molar-refractivity contribution >= 4 is 28.6 Å². The Morgan fingerprint density at radius 2 is 1.46 bits per heavy atom. The third-order valence-electron chi connectivity index (χ3n) is 5.48. The van der Waals surface area contributed by atoms with Crippen molar-refractivity contribution in [1.82, 2.24) is 0 Å². The normalized spacial score (nSPS) is 13.9. The summed E-state index contributed by atoms with van der Waals surface area (Å²) < 4.78 is 78.4. The lowest BCUT2D eigenvalue weighted by atomic mass is 9.88. The van der Waals surface area contributed by atoms with E-state index < -0.39 is 35.4 Å². The van der Waals surface area contributed by atoms with Gasteiger partial charge in [-0.15, -0.1) is 0 Å². The van der Waals surface area contributed by atoms with Crippen LogP contribution in [0.15, 0.2) is 66.7 Å². The predicted octanol–water partition coefficient (Wildman–Crippen LogP) is 8.36. The van der Waals surface area contributed by atoms with Crippen LogP contribution < -0.4 is 0 Å². The third kappa shape index (κ3) is 7.22. The van der Waals surface area contributed by atoms with Gasteiger partial charge >= 0.3 is 18.3 Å². The zero-order valence-corrected chi connectivity index (χ0v) is 20.6. The van der Waals surface area contributed by atoms with Crippen LogP contribution in [0, 0.1) is 0 Å². The molecular formula is C26H21F6IO2. The minimum absolute atomic E-state index is 0.0235. The lowest BCUT2D eigenvalue weighted by Gasteiger charge is -2.18. The van der Waals surface area contributed by atoms with Gasteiger partial charge in [-0.2, -0.15) is 26.3 Å². The van der Waals surface area contributed by atoms with Crippen LogP contribution in [-0.2, 0) is 23.6 Å². The van der Waals surface area contributed by atoms with Gasteiger partial charge in [0.05, 0.1) is 17.0 Å². The molecule has 3 aromatic rings. The van der Waals surface area contributed by atoms with Gasteiger partial charge in [0, 0.05) is 3.92 Å². The SMILES string of the molecule is CC(I)CC(C(=O)O)c1cc(Cc2cccc(C(F)(F)F)c2)cc(-c2ccc(C(F)(F)F)cc2)c1. The number of hydrogen-bond donors (Lipinski definition) is 1. The van der Waals surface area contributed by atoms with Gasteiger partial charge in [0.2, 0.25) is 0 Å². The van der Waals surface area contributed by atoms with Crippen LogP contribution in [0.4, 0.5) is 26.3 Å². The summed E-state index contributed by atoms with van der Waals surface area (Å²) >= 11 is 2.11. The number of aliphatic carboxylic acids is 1. The fourth-order valence-electron chi connectivity index (χ4n) is 3.84. The van der Waals surface area contributed by atoms with E-state index in [1.54, 1.807) is 24.3 Å². The number of benzene rings is 3. The van der Waals surface area contributed by atoms with Crippen LogP contribution in [0.5, 0.6) is 0 Å². The topological polar surface area (TPSA) is 37.3 Å². The summed E-state index contributed by atoms with van der Waals surface area (Å²) in [6.07, 6.45) is -8.60. The van der Waals surface area contributed by atoms with Crippen molar-refractivity contribution in [2.45, 2.75) is 42.0 Å². The van der Waals surface area contributed by atoms with E-state index in [0.717, 1.165) is 24.3 Å². The molecule has 1 N–H and O–H groups in total. The van der Waals surface area contributed by atoms with Gasteiger partial charge in [-0.3, -0.25) is 4.79 Å². The molecule has 0 aromatic heterocycles. The second-order valence-electron chi connectivity index (χ2n) is 8.32. The summed E-state index contributed by atoms with van der Waals surface area (Å²) in [6.45, 7) is 1.86. The fraction of sp³-hybridized carbons (Fsp3) is 0.269. The number of carboxylic acids is 1. The molecule has 3 aromatic carbocycles. The van der Waals surface area contributed by atoms with Crippen molar-refractivity contribution < 1.29 is 36.2 Å². The molecule has 9 heteroatoms. The Labute approximate surface area is 212 Å². The molecule has 2 atom stereocenters. The molecular weight excluding hydrogens is 585 g/mol. The molecule has 0 aliphatic rings. The maximum Gasteiger partial charge on any atom is 0.416 e. The molecule has 0 saturated carbocycles. The Hall–Kier alpha value is -2.56. The Morgan fingerprint density at radius 1 is 0.829 bits per heavy atom. The highest BCUT2D eigenvalue weighted by molar-refractivity contribution is 14.1. The molecule has 0 bridgehead atoms. The summed E-state index contributed by atoms with van der Waals surface area (Å²) in [5.41, 5.74) is 0.705. The van der Waals surface area contributed by atoms with Crippen LogP contribution >= 0.6 is 22.6 Å². The zero-order valence-electron chi connectivity index (χ0n) is 18.4. The van der Waals surface area contributed by atoms with Crippen molar-refractivity contribution in [3.05, 3.63) is 94.5 Å². The summed E-state index contributed by atoms with van der Waals surface area (Å²) in [7, 11) is 0. The number of carboxylic acid groups (broad SMARTS) is 1. The van der Waals surface area contributed by atoms with Gasteiger partial charge < -0.3 is 5.11 Å². The third-order valence-corrected chi connectivity index (χ3v) is 5.99. The van der Waals surface area contributed by atoms with E-state index in [2.05, 4.69) is 22.6 Å². The summed E-state index contributed by atoms with van der Waals surface area (Å²) in [4.78, 5) is 12.0. The highest BCUT2D eigenvalue weighted by Crippen LogP contribution is 2.35. The molecule has 0 aliphatic heterocycles. The highest BCUT2D eigenvalue weighted by Gasteiger charge is 2.31. The average molecular weight is 606 g/mol. The van der Waals surface area contributed by atoms with E-state index in [9.17, 15) is 36.2 Å². The Kier molecular flexibility index (Phi) is 8.18. The molecule has 0 fully saturated rings. The first-order valence-electron chi connectivity index (χ1n) is 10.6. The standard InChI is InChI=1S/C26H21F6IO2/c1-15(33)9-23(24(34)35)20-12-17(10-16-3-2-4-22(13-16)26(30,31)32)11-19(14-20)18-5-7-21(8-6-18)25(27,28)29/h2-8,11-15,23H,9-10H2,1H3,(H,34,35). The molecule has 0 heterocycles. The predicted molar refractivity (Wildman–Crippen MR) is 130 cm³/mol. The molecule has 2 nitrogen and oxygen atoms in total. The van der Waals surface area contributed by atoms with Crippen molar-refractivity contribution in [3.63, 3.8) is 0 Å². The monoisotopic (exact) mass is 606 g/mol. The maximum atomic E-state index is 13.1. The van der Waals surface area contributed by atoms with Gasteiger partial charge in [0.1, 0.15) is 0 Å². The second kappa shape index (κ2) is 10.6. The van der Waals surface area contributed by atoms with Crippen LogP contribution in [0.1, 0.15) is 47.1 Å². The molecule has 2 unspecified atom stereocenters. The van der Waals surface area contributed by atoms with Gasteiger partial charge in [-0.05, 0) is 58.9 Å². The maximum absolute atomic E-state index is 13.1. The van der Waals surface area contributed by atoms with E-state index in [-0.39, 0.29) is 10.3 Å². The first-order valence-corrected chi connectivity index (χ1v) is 11.8. The summed E-state index contributed by atoms with van der Waals surface area (Å²) in [5.74, 6) is -1.93. The smallest absolute Gasteiger partial charge is 0.416 e. The molecule has 0 radical (unpaired) electrons. The fourth-order valence-corrected chi connectivity index (χ4v) is 4.35. The van der Waals surface area contributed by atoms with Crippen molar-refractivity contribution in [2.24, 2.45) is 0 Å². The minimum atomic E-state index is -4.51. The molecule has 0 amide bonds. The quantitative estimate of drug-likeness (QED) is 0.167. The van der Waals surface area contributed by atoms with Crippen LogP contribution in [0.3, 0.4) is 0 Å². The van der Waals surface area contributed by atoms with E-state index in [0.29, 0.717) is 34.2 Å². The zero-order chi connectivity index (χ0) is 26.0. The lowest BCUT2D eigenvalue weighted by Crippen LogP contribution is -2.15. The van der Waals surface area contributed by atoms with Gasteiger partial charge in [-0.1, -0.05) is 78.0 Å². The van der Waals surface area contributed by atoms with Crippen LogP contribution in [-0.4, -0.2) is 15.0 Å². The molecule has 0 aliphatic carbocycles. The largest absolute Gasteiger partial charge is 0.481 e. The van der Waals surface area contributed by atoms with Crippen molar-refractivity contribution in [3.8, 4) is 11.1 Å². The van der Waals surface area contributed by atoms with E-state index >= 15 is 0 Å². The average Bonchev–Trinajstić information content (AvgIpc) is 2.76. The first-order chi connectivity index (χ1) is 16.2.